The average Bonchev–Trinajstić information content (AvgIpc) is 3.17. The van der Waals surface area contributed by atoms with Crippen molar-refractivity contribution in [2.24, 2.45) is 10.7 Å². The predicted octanol–water partition coefficient (Wildman–Crippen LogP) is 2.77. The van der Waals surface area contributed by atoms with Gasteiger partial charge in [-0.3, -0.25) is 9.89 Å². The number of benzene rings is 1. The molecule has 1 aliphatic heterocycles. The van der Waals surface area contributed by atoms with Gasteiger partial charge in [-0.25, -0.2) is 4.39 Å². The molecular formula is C19H27FIN5S. The first-order chi connectivity index (χ1) is 12.7. The van der Waals surface area contributed by atoms with E-state index in [2.05, 4.69) is 37.6 Å². The molecule has 148 valence electrons. The van der Waals surface area contributed by atoms with Gasteiger partial charge in [0.1, 0.15) is 5.82 Å². The molecule has 0 saturated carbocycles. The molecule has 1 aromatic heterocycles. The molecule has 0 unspecified atom stereocenters. The molecule has 2 aromatic rings. The predicted molar refractivity (Wildman–Crippen MR) is 123 cm³/mol. The molecule has 5 nitrogen and oxygen atoms in total. The molecule has 8 heteroatoms. The Bertz CT molecular complexity index is 685. The molecule has 0 amide bonds. The highest BCUT2D eigenvalue weighted by molar-refractivity contribution is 14.0. The van der Waals surface area contributed by atoms with E-state index in [9.17, 15) is 4.39 Å². The third-order valence-corrected chi connectivity index (χ3v) is 5.46. The highest BCUT2D eigenvalue weighted by Gasteiger charge is 2.16. The smallest absolute Gasteiger partial charge is 0.188 e. The first kappa shape index (κ1) is 21.9. The van der Waals surface area contributed by atoms with E-state index in [1.54, 1.807) is 11.3 Å². The zero-order valence-corrected chi connectivity index (χ0v) is 18.5. The number of hydrogen-bond donors (Lipinski definition) is 2. The number of hydrogen-bond acceptors (Lipinski definition) is 4. The second kappa shape index (κ2) is 11.5. The van der Waals surface area contributed by atoms with Crippen LogP contribution in [0.25, 0.3) is 0 Å². The Morgan fingerprint density at radius 3 is 2.56 bits per heavy atom. The van der Waals surface area contributed by atoms with Crippen molar-refractivity contribution in [2.45, 2.75) is 6.42 Å². The molecule has 27 heavy (non-hydrogen) atoms. The summed E-state index contributed by atoms with van der Waals surface area (Å²) in [5, 5.41) is 5.25. The second-order valence-corrected chi connectivity index (χ2v) is 7.36. The minimum absolute atomic E-state index is 0. The molecule has 0 aliphatic carbocycles. The first-order valence-electron chi connectivity index (χ1n) is 9.00. The van der Waals surface area contributed by atoms with Crippen LogP contribution in [0.5, 0.6) is 0 Å². The summed E-state index contributed by atoms with van der Waals surface area (Å²) < 4.78 is 13.0. The van der Waals surface area contributed by atoms with Crippen LogP contribution >= 0.6 is 35.3 Å². The lowest BCUT2D eigenvalue weighted by Gasteiger charge is -2.35. The van der Waals surface area contributed by atoms with E-state index in [1.165, 1.54) is 17.0 Å². The molecule has 1 aromatic carbocycles. The number of nitrogens with one attached hydrogen (secondary N) is 1. The van der Waals surface area contributed by atoms with E-state index in [1.807, 2.05) is 12.1 Å². The highest BCUT2D eigenvalue weighted by atomic mass is 127. The number of anilines is 1. The summed E-state index contributed by atoms with van der Waals surface area (Å²) in [4.78, 5) is 10.4. The monoisotopic (exact) mass is 503 g/mol. The topological polar surface area (TPSA) is 56.9 Å². The maximum atomic E-state index is 13.0. The van der Waals surface area contributed by atoms with Crippen LogP contribution in [0.3, 0.4) is 0 Å². The zero-order valence-electron chi connectivity index (χ0n) is 15.3. The van der Waals surface area contributed by atoms with E-state index >= 15 is 0 Å². The van der Waals surface area contributed by atoms with Gasteiger partial charge >= 0.3 is 0 Å². The van der Waals surface area contributed by atoms with Crippen LogP contribution in [-0.2, 0) is 6.42 Å². The number of aliphatic imine (C=N–C) groups is 1. The molecule has 0 atom stereocenters. The average molecular weight is 503 g/mol. The summed E-state index contributed by atoms with van der Waals surface area (Å²) in [5.74, 6) is 0.332. The fourth-order valence-corrected chi connectivity index (χ4v) is 3.73. The van der Waals surface area contributed by atoms with Crippen LogP contribution in [0, 0.1) is 5.82 Å². The van der Waals surface area contributed by atoms with Crippen LogP contribution in [0.1, 0.15) is 4.88 Å². The van der Waals surface area contributed by atoms with Gasteiger partial charge in [-0.15, -0.1) is 35.3 Å². The quantitative estimate of drug-likeness (QED) is 0.347. The van der Waals surface area contributed by atoms with Crippen molar-refractivity contribution < 1.29 is 4.39 Å². The number of nitrogens with two attached hydrogens (primary N) is 1. The fourth-order valence-electron chi connectivity index (χ4n) is 3.02. The van der Waals surface area contributed by atoms with Crippen LogP contribution in [0.15, 0.2) is 46.8 Å². The number of halogens is 2. The summed E-state index contributed by atoms with van der Waals surface area (Å²) in [7, 11) is 0. The second-order valence-electron chi connectivity index (χ2n) is 6.33. The molecule has 2 heterocycles. The molecule has 1 saturated heterocycles. The summed E-state index contributed by atoms with van der Waals surface area (Å²) in [5.41, 5.74) is 7.01. The van der Waals surface area contributed by atoms with Crippen molar-refractivity contribution in [3.8, 4) is 0 Å². The van der Waals surface area contributed by atoms with Crippen molar-refractivity contribution in [2.75, 3.05) is 50.7 Å². The fraction of sp³-hybridized carbons (Fsp3) is 0.421. The summed E-state index contributed by atoms with van der Waals surface area (Å²) >= 11 is 1.76. The van der Waals surface area contributed by atoms with Gasteiger partial charge in [0.2, 0.25) is 0 Å². The van der Waals surface area contributed by atoms with Crippen molar-refractivity contribution in [3.63, 3.8) is 0 Å². The van der Waals surface area contributed by atoms with E-state index in [0.717, 1.165) is 51.4 Å². The van der Waals surface area contributed by atoms with E-state index in [-0.39, 0.29) is 29.8 Å². The number of piperazine rings is 1. The molecular weight excluding hydrogens is 476 g/mol. The Balaban J connectivity index is 0.00000261. The summed E-state index contributed by atoms with van der Waals surface area (Å²) in [6, 6.07) is 10.9. The lowest BCUT2D eigenvalue weighted by Crippen LogP contribution is -2.47. The van der Waals surface area contributed by atoms with Crippen molar-refractivity contribution >= 4 is 47.0 Å². The number of guanidine groups is 1. The van der Waals surface area contributed by atoms with Crippen LogP contribution in [0.2, 0.25) is 0 Å². The molecule has 0 bridgehead atoms. The molecule has 1 fully saturated rings. The molecule has 3 rings (SSSR count). The summed E-state index contributed by atoms with van der Waals surface area (Å²) in [6.45, 7) is 6.29. The first-order valence-corrected chi connectivity index (χ1v) is 9.88. The van der Waals surface area contributed by atoms with Gasteiger partial charge in [0.25, 0.3) is 0 Å². The standard InChI is InChI=1S/C19H26FN5S.HI/c20-16-3-5-17(6-4-16)25-13-11-24(12-14-25)10-9-23-19(21)22-8-7-18-2-1-15-26-18;/h1-6,15H,7-14H2,(H3,21,22,23);1H. The Kier molecular flexibility index (Phi) is 9.29. The lowest BCUT2D eigenvalue weighted by atomic mass is 10.2. The van der Waals surface area contributed by atoms with Gasteiger partial charge in [-0.2, -0.15) is 0 Å². The van der Waals surface area contributed by atoms with Gasteiger partial charge in [-0.1, -0.05) is 6.07 Å². The Hall–Kier alpha value is -1.39. The van der Waals surface area contributed by atoms with Crippen LogP contribution in [-0.4, -0.2) is 56.7 Å². The maximum Gasteiger partial charge on any atom is 0.188 e. The number of nitrogens with zero attached hydrogens (tertiary/aromatic N) is 3. The Morgan fingerprint density at radius 2 is 1.89 bits per heavy atom. The molecule has 1 aliphatic rings. The number of rotatable bonds is 7. The molecule has 0 spiro atoms. The SMILES string of the molecule is I.NC(=NCCN1CCN(c2ccc(F)cc2)CC1)NCCc1cccs1. The Morgan fingerprint density at radius 1 is 1.15 bits per heavy atom. The Labute approximate surface area is 181 Å². The van der Waals surface area contributed by atoms with Crippen molar-refractivity contribution in [1.29, 1.82) is 0 Å². The van der Waals surface area contributed by atoms with E-state index < -0.39 is 0 Å². The third kappa shape index (κ3) is 7.27. The van der Waals surface area contributed by atoms with E-state index in [0.29, 0.717) is 12.5 Å². The van der Waals surface area contributed by atoms with Crippen LogP contribution < -0.4 is 16.0 Å². The van der Waals surface area contributed by atoms with Crippen molar-refractivity contribution in [1.82, 2.24) is 10.2 Å². The maximum absolute atomic E-state index is 13.0. The largest absolute Gasteiger partial charge is 0.370 e. The molecule has 0 radical (unpaired) electrons. The van der Waals surface area contributed by atoms with Gasteiger partial charge in [0.15, 0.2) is 5.96 Å². The molecule has 3 N–H and O–H groups in total. The minimum Gasteiger partial charge on any atom is -0.370 e. The van der Waals surface area contributed by atoms with Gasteiger partial charge in [-0.05, 0) is 42.1 Å². The summed E-state index contributed by atoms with van der Waals surface area (Å²) in [6.07, 6.45) is 0.971. The van der Waals surface area contributed by atoms with Crippen molar-refractivity contribution in [3.05, 3.63) is 52.5 Å². The third-order valence-electron chi connectivity index (χ3n) is 4.52. The van der Waals surface area contributed by atoms with Gasteiger partial charge in [0.05, 0.1) is 6.54 Å². The van der Waals surface area contributed by atoms with Gasteiger partial charge < -0.3 is 16.0 Å². The minimum atomic E-state index is -0.188. The van der Waals surface area contributed by atoms with E-state index in [4.69, 9.17) is 5.73 Å². The normalized spacial score (nSPS) is 15.4. The number of thiophene rings is 1. The zero-order chi connectivity index (χ0) is 18.2. The van der Waals surface area contributed by atoms with Crippen LogP contribution in [0.4, 0.5) is 10.1 Å². The highest BCUT2D eigenvalue weighted by Crippen LogP contribution is 2.16. The van der Waals surface area contributed by atoms with Gasteiger partial charge in [0, 0.05) is 49.8 Å². The lowest BCUT2D eigenvalue weighted by molar-refractivity contribution is 0.265.